The maximum absolute atomic E-state index is 5.69. The molecule has 1 aliphatic carbocycles. The molecule has 0 radical (unpaired) electrons. The first-order chi connectivity index (χ1) is 5.27. The van der Waals surface area contributed by atoms with Crippen LogP contribution >= 0.6 is 23.2 Å². The van der Waals surface area contributed by atoms with E-state index < -0.39 is 0 Å². The van der Waals surface area contributed by atoms with Crippen molar-refractivity contribution in [3.63, 3.8) is 0 Å². The topological polar surface area (TPSA) is 12.0 Å². The van der Waals surface area contributed by atoms with Gasteiger partial charge in [-0.3, -0.25) is 0 Å². The molecule has 0 aliphatic heterocycles. The molecule has 1 N–H and O–H groups in total. The van der Waals surface area contributed by atoms with Gasteiger partial charge >= 0.3 is 0 Å². The molecule has 64 valence electrons. The second-order valence-corrected chi connectivity index (χ2v) is 3.65. The lowest BCUT2D eigenvalue weighted by Crippen LogP contribution is -2.19. The fourth-order valence-corrected chi connectivity index (χ4v) is 1.37. The van der Waals surface area contributed by atoms with Crippen LogP contribution in [0.1, 0.15) is 19.8 Å². The van der Waals surface area contributed by atoms with Gasteiger partial charge in [0.15, 0.2) is 0 Å². The Kier molecular flexibility index (Phi) is 3.70. The van der Waals surface area contributed by atoms with E-state index in [0.29, 0.717) is 17.6 Å². The molecular weight excluding hydrogens is 181 g/mol. The van der Waals surface area contributed by atoms with Crippen molar-refractivity contribution < 1.29 is 0 Å². The number of rotatable bonds is 4. The molecule has 0 heterocycles. The highest BCUT2D eigenvalue weighted by atomic mass is 35.5. The van der Waals surface area contributed by atoms with Crippen LogP contribution in [0.3, 0.4) is 0 Å². The van der Waals surface area contributed by atoms with Gasteiger partial charge in [0.1, 0.15) is 0 Å². The molecule has 0 aromatic heterocycles. The summed E-state index contributed by atoms with van der Waals surface area (Å²) in [6.07, 6.45) is 2.56. The van der Waals surface area contributed by atoms with Crippen LogP contribution in [0.5, 0.6) is 0 Å². The molecule has 3 heteroatoms. The lowest BCUT2D eigenvalue weighted by molar-refractivity contribution is 0.658. The second-order valence-electron chi connectivity index (χ2n) is 2.95. The molecule has 1 rings (SSSR count). The van der Waals surface area contributed by atoms with Gasteiger partial charge in [-0.1, -0.05) is 36.5 Å². The molecule has 2 unspecified atom stereocenters. The highest BCUT2D eigenvalue weighted by molar-refractivity contribution is 6.36. The van der Waals surface area contributed by atoms with Gasteiger partial charge in [0.2, 0.25) is 0 Å². The first-order valence-electron chi connectivity index (χ1n) is 3.96. The molecule has 11 heavy (non-hydrogen) atoms. The Morgan fingerprint density at radius 2 is 2.45 bits per heavy atom. The van der Waals surface area contributed by atoms with E-state index in [1.165, 1.54) is 18.4 Å². The van der Waals surface area contributed by atoms with Crippen molar-refractivity contribution in [3.05, 3.63) is 10.6 Å². The highest BCUT2D eigenvalue weighted by Gasteiger charge is 2.34. The quantitative estimate of drug-likeness (QED) is 0.725. The SMILES string of the molecule is CCC1CC1NC/C(Cl)=C/Cl. The van der Waals surface area contributed by atoms with Crippen LogP contribution in [0.25, 0.3) is 0 Å². The van der Waals surface area contributed by atoms with Crippen molar-refractivity contribution in [2.45, 2.75) is 25.8 Å². The summed E-state index contributed by atoms with van der Waals surface area (Å²) in [7, 11) is 0. The van der Waals surface area contributed by atoms with Gasteiger partial charge in [-0.15, -0.1) is 0 Å². The Morgan fingerprint density at radius 1 is 1.73 bits per heavy atom. The zero-order chi connectivity index (χ0) is 8.27. The van der Waals surface area contributed by atoms with Crippen molar-refractivity contribution in [2.75, 3.05) is 6.54 Å². The Bertz CT molecular complexity index is 156. The van der Waals surface area contributed by atoms with Gasteiger partial charge in [-0.05, 0) is 12.3 Å². The van der Waals surface area contributed by atoms with Crippen molar-refractivity contribution in [2.24, 2.45) is 5.92 Å². The van der Waals surface area contributed by atoms with E-state index in [4.69, 9.17) is 23.2 Å². The van der Waals surface area contributed by atoms with Gasteiger partial charge in [-0.25, -0.2) is 0 Å². The van der Waals surface area contributed by atoms with E-state index in [1.807, 2.05) is 0 Å². The molecule has 1 nitrogen and oxygen atoms in total. The van der Waals surface area contributed by atoms with Crippen LogP contribution in [-0.2, 0) is 0 Å². The smallest absolute Gasteiger partial charge is 0.0432 e. The Balaban J connectivity index is 2.06. The third-order valence-electron chi connectivity index (χ3n) is 2.10. The lowest BCUT2D eigenvalue weighted by atomic mass is 10.3. The summed E-state index contributed by atoms with van der Waals surface area (Å²) in [6.45, 7) is 2.93. The highest BCUT2D eigenvalue weighted by Crippen LogP contribution is 2.33. The maximum atomic E-state index is 5.69. The summed E-state index contributed by atoms with van der Waals surface area (Å²) in [5, 5.41) is 4.01. The van der Waals surface area contributed by atoms with Gasteiger partial charge in [0.05, 0.1) is 0 Å². The summed E-state index contributed by atoms with van der Waals surface area (Å²) in [6, 6.07) is 0.686. The first kappa shape index (κ1) is 9.37. The maximum Gasteiger partial charge on any atom is 0.0432 e. The predicted molar refractivity (Wildman–Crippen MR) is 50.0 cm³/mol. The van der Waals surface area contributed by atoms with Crippen LogP contribution in [0.2, 0.25) is 0 Å². The molecular formula is C8H13Cl2N. The average molecular weight is 194 g/mol. The van der Waals surface area contributed by atoms with Crippen LogP contribution in [0.4, 0.5) is 0 Å². The van der Waals surface area contributed by atoms with Crippen molar-refractivity contribution >= 4 is 23.2 Å². The standard InChI is InChI=1S/C8H13Cl2N/c1-2-6-3-8(6)11-5-7(10)4-9/h4,6,8,11H,2-3,5H2,1H3/b7-4-. The van der Waals surface area contributed by atoms with Crippen molar-refractivity contribution in [1.82, 2.24) is 5.32 Å². The molecule has 0 bridgehead atoms. The van der Waals surface area contributed by atoms with Crippen LogP contribution in [-0.4, -0.2) is 12.6 Å². The van der Waals surface area contributed by atoms with Crippen molar-refractivity contribution in [1.29, 1.82) is 0 Å². The molecule has 0 spiro atoms. The molecule has 1 saturated carbocycles. The third kappa shape index (κ3) is 3.02. The summed E-state index contributed by atoms with van der Waals surface area (Å²) < 4.78 is 0. The fourth-order valence-electron chi connectivity index (χ4n) is 1.22. The Labute approximate surface area is 77.8 Å². The molecule has 0 saturated heterocycles. The van der Waals surface area contributed by atoms with E-state index >= 15 is 0 Å². The molecule has 1 aliphatic rings. The van der Waals surface area contributed by atoms with Gasteiger partial charge < -0.3 is 5.32 Å². The van der Waals surface area contributed by atoms with E-state index in [9.17, 15) is 0 Å². The van der Waals surface area contributed by atoms with Crippen LogP contribution < -0.4 is 5.32 Å². The summed E-state index contributed by atoms with van der Waals surface area (Å²) in [4.78, 5) is 0. The molecule has 2 atom stereocenters. The number of hydrogen-bond donors (Lipinski definition) is 1. The Morgan fingerprint density at radius 3 is 2.91 bits per heavy atom. The minimum absolute atomic E-state index is 0.686. The van der Waals surface area contributed by atoms with E-state index in [-0.39, 0.29) is 0 Å². The number of hydrogen-bond acceptors (Lipinski definition) is 1. The van der Waals surface area contributed by atoms with E-state index in [2.05, 4.69) is 12.2 Å². The zero-order valence-electron chi connectivity index (χ0n) is 6.61. The van der Waals surface area contributed by atoms with Gasteiger partial charge in [-0.2, -0.15) is 0 Å². The van der Waals surface area contributed by atoms with E-state index in [1.54, 1.807) is 0 Å². The predicted octanol–water partition coefficient (Wildman–Crippen LogP) is 2.69. The molecule has 0 aromatic rings. The second kappa shape index (κ2) is 4.34. The lowest BCUT2D eigenvalue weighted by Gasteiger charge is -2.00. The fraction of sp³-hybridized carbons (Fsp3) is 0.750. The summed E-state index contributed by atoms with van der Waals surface area (Å²) in [5.41, 5.74) is 1.41. The molecule has 1 fully saturated rings. The number of nitrogens with one attached hydrogen (secondary N) is 1. The number of halogens is 2. The monoisotopic (exact) mass is 193 g/mol. The average Bonchev–Trinajstić information content (AvgIpc) is 2.78. The summed E-state index contributed by atoms with van der Waals surface area (Å²) in [5.74, 6) is 0.870. The molecule has 0 aromatic carbocycles. The summed E-state index contributed by atoms with van der Waals surface area (Å²) >= 11 is 11.1. The van der Waals surface area contributed by atoms with Gasteiger partial charge in [0.25, 0.3) is 0 Å². The van der Waals surface area contributed by atoms with E-state index in [0.717, 1.165) is 5.92 Å². The van der Waals surface area contributed by atoms with Crippen molar-refractivity contribution in [3.8, 4) is 0 Å². The minimum atomic E-state index is 0.686. The first-order valence-corrected chi connectivity index (χ1v) is 4.77. The van der Waals surface area contributed by atoms with Crippen LogP contribution in [0.15, 0.2) is 10.6 Å². The third-order valence-corrected chi connectivity index (χ3v) is 2.72. The van der Waals surface area contributed by atoms with Crippen LogP contribution in [0, 0.1) is 5.92 Å². The van der Waals surface area contributed by atoms with Gasteiger partial charge in [0, 0.05) is 23.2 Å². The largest absolute Gasteiger partial charge is 0.309 e. The normalized spacial score (nSPS) is 30.6. The minimum Gasteiger partial charge on any atom is -0.309 e. The Hall–Kier alpha value is 0.280. The molecule has 0 amide bonds. The zero-order valence-corrected chi connectivity index (χ0v) is 8.12.